The summed E-state index contributed by atoms with van der Waals surface area (Å²) < 4.78 is 4.78. The van der Waals surface area contributed by atoms with Crippen molar-refractivity contribution in [2.75, 3.05) is 21.2 Å². The van der Waals surface area contributed by atoms with Crippen molar-refractivity contribution in [1.29, 1.82) is 0 Å². The summed E-state index contributed by atoms with van der Waals surface area (Å²) in [6.45, 7) is 0. The van der Waals surface area contributed by atoms with Gasteiger partial charge < -0.3 is 9.64 Å². The highest BCUT2D eigenvalue weighted by Gasteiger charge is 2.16. The molecule has 0 aliphatic rings. The third kappa shape index (κ3) is 7.90. The molecule has 2 aromatic carbocycles. The van der Waals surface area contributed by atoms with Crippen LogP contribution in [0.3, 0.4) is 0 Å². The maximum absolute atomic E-state index is 12.6. The standard InChI is InChI=1S/C25H26N2O4/c1-27(2)23(28)16-9-5-8-11-19-14-10-15-21(17-19)24(29)26-22(25(30)31-3)18-20-12-6-4-7-13-20/h4,6-7,10,12-15,17H,5,9,16,18H2,1-3H3. The van der Waals surface area contributed by atoms with Gasteiger partial charge in [-0.1, -0.05) is 48.2 Å². The highest BCUT2D eigenvalue weighted by Crippen LogP contribution is 2.09. The van der Waals surface area contributed by atoms with Gasteiger partial charge in [0.1, 0.15) is 5.71 Å². The van der Waals surface area contributed by atoms with Gasteiger partial charge in [0.25, 0.3) is 5.91 Å². The predicted octanol–water partition coefficient (Wildman–Crippen LogP) is 3.29. The van der Waals surface area contributed by atoms with Gasteiger partial charge in [-0.2, -0.15) is 0 Å². The molecule has 0 aliphatic heterocycles. The molecule has 0 aromatic heterocycles. The molecule has 0 spiro atoms. The number of benzene rings is 2. The van der Waals surface area contributed by atoms with Crippen molar-refractivity contribution < 1.29 is 19.1 Å². The SMILES string of the molecule is COC(=O)C(Cc1ccccc1)=NC(=O)c1cccc(C#CCCCC(=O)N(C)C)c1. The largest absolute Gasteiger partial charge is 0.465 e. The Hall–Kier alpha value is -3.72. The van der Waals surface area contributed by atoms with E-state index in [-0.39, 0.29) is 18.0 Å². The van der Waals surface area contributed by atoms with Crippen LogP contribution in [-0.4, -0.2) is 49.6 Å². The van der Waals surface area contributed by atoms with Crippen LogP contribution >= 0.6 is 0 Å². The van der Waals surface area contributed by atoms with E-state index in [4.69, 9.17) is 4.74 Å². The minimum atomic E-state index is -0.638. The molecule has 2 amide bonds. The fourth-order valence-electron chi connectivity index (χ4n) is 2.70. The Balaban J connectivity index is 2.09. The molecule has 31 heavy (non-hydrogen) atoms. The molecule has 6 nitrogen and oxygen atoms in total. The first-order chi connectivity index (χ1) is 14.9. The Bertz CT molecular complexity index is 1010. The molecule has 2 aromatic rings. The first-order valence-corrected chi connectivity index (χ1v) is 9.94. The smallest absolute Gasteiger partial charge is 0.352 e. The number of hydrogen-bond donors (Lipinski definition) is 0. The van der Waals surface area contributed by atoms with Gasteiger partial charge in [-0.25, -0.2) is 9.79 Å². The molecule has 0 saturated carbocycles. The summed E-state index contributed by atoms with van der Waals surface area (Å²) in [4.78, 5) is 41.9. The number of aliphatic imine (C=N–C) groups is 1. The van der Waals surface area contributed by atoms with E-state index in [0.717, 1.165) is 5.56 Å². The minimum absolute atomic E-state index is 0.0424. The zero-order valence-corrected chi connectivity index (χ0v) is 18.1. The van der Waals surface area contributed by atoms with Gasteiger partial charge in [-0.15, -0.1) is 0 Å². The summed E-state index contributed by atoms with van der Waals surface area (Å²) in [5.74, 6) is 4.93. The maximum Gasteiger partial charge on any atom is 0.352 e. The Labute approximate surface area is 182 Å². The molecule has 0 unspecified atom stereocenters. The highest BCUT2D eigenvalue weighted by atomic mass is 16.5. The van der Waals surface area contributed by atoms with Crippen molar-refractivity contribution in [2.45, 2.75) is 25.7 Å². The number of nitrogens with zero attached hydrogens (tertiary/aromatic N) is 2. The monoisotopic (exact) mass is 418 g/mol. The molecular weight excluding hydrogens is 392 g/mol. The van der Waals surface area contributed by atoms with Gasteiger partial charge in [0.05, 0.1) is 7.11 Å². The lowest BCUT2D eigenvalue weighted by atomic mass is 10.1. The van der Waals surface area contributed by atoms with Gasteiger partial charge >= 0.3 is 5.97 Å². The van der Waals surface area contributed by atoms with E-state index >= 15 is 0 Å². The summed E-state index contributed by atoms with van der Waals surface area (Å²) in [5, 5.41) is 0. The topological polar surface area (TPSA) is 76.0 Å². The Kier molecular flexibility index (Phi) is 9.18. The van der Waals surface area contributed by atoms with E-state index in [9.17, 15) is 14.4 Å². The number of hydrogen-bond acceptors (Lipinski definition) is 4. The summed E-state index contributed by atoms with van der Waals surface area (Å²) in [5.41, 5.74) is 1.90. The van der Waals surface area contributed by atoms with Crippen LogP contribution in [0, 0.1) is 11.8 Å². The molecule has 6 heteroatoms. The van der Waals surface area contributed by atoms with Crippen molar-refractivity contribution in [3.63, 3.8) is 0 Å². The van der Waals surface area contributed by atoms with E-state index in [1.165, 1.54) is 7.11 Å². The fraction of sp³-hybridized carbons (Fsp3) is 0.280. The fourth-order valence-corrected chi connectivity index (χ4v) is 2.70. The number of esters is 1. The molecule has 0 heterocycles. The molecule has 0 N–H and O–H groups in total. The van der Waals surface area contributed by atoms with E-state index in [0.29, 0.717) is 30.4 Å². The zero-order chi connectivity index (χ0) is 22.6. The quantitative estimate of drug-likeness (QED) is 0.299. The highest BCUT2D eigenvalue weighted by molar-refractivity contribution is 6.39. The Morgan fingerprint density at radius 2 is 1.77 bits per heavy atom. The van der Waals surface area contributed by atoms with Gasteiger partial charge in [-0.3, -0.25) is 9.59 Å². The van der Waals surface area contributed by atoms with Gasteiger partial charge in [0.15, 0.2) is 0 Å². The number of unbranched alkanes of at least 4 members (excludes halogenated alkanes) is 1. The molecule has 0 saturated heterocycles. The maximum atomic E-state index is 12.6. The van der Waals surface area contributed by atoms with Crippen LogP contribution in [0.25, 0.3) is 0 Å². The molecule has 0 aliphatic carbocycles. The summed E-state index contributed by atoms with van der Waals surface area (Å²) in [6, 6.07) is 16.1. The second-order valence-electron chi connectivity index (χ2n) is 7.04. The van der Waals surface area contributed by atoms with Crippen molar-refractivity contribution in [1.82, 2.24) is 4.90 Å². The van der Waals surface area contributed by atoms with Crippen molar-refractivity contribution in [3.8, 4) is 11.8 Å². The van der Waals surface area contributed by atoms with Crippen molar-refractivity contribution in [2.24, 2.45) is 4.99 Å². The number of methoxy groups -OCH3 is 1. The molecule has 2 rings (SSSR count). The van der Waals surface area contributed by atoms with Crippen LogP contribution in [0.5, 0.6) is 0 Å². The van der Waals surface area contributed by atoms with Crippen LogP contribution in [0.4, 0.5) is 0 Å². The average Bonchev–Trinajstić information content (AvgIpc) is 2.78. The molecule has 160 valence electrons. The number of rotatable bonds is 7. The lowest BCUT2D eigenvalue weighted by Crippen LogP contribution is -2.20. The van der Waals surface area contributed by atoms with Crippen molar-refractivity contribution >= 4 is 23.5 Å². The Morgan fingerprint density at radius 1 is 1.03 bits per heavy atom. The zero-order valence-electron chi connectivity index (χ0n) is 18.1. The third-order valence-corrected chi connectivity index (χ3v) is 4.41. The van der Waals surface area contributed by atoms with E-state index in [2.05, 4.69) is 16.8 Å². The lowest BCUT2D eigenvalue weighted by molar-refractivity contribution is -0.133. The van der Waals surface area contributed by atoms with E-state index < -0.39 is 11.9 Å². The number of carbonyl (C=O) groups is 3. The van der Waals surface area contributed by atoms with Crippen LogP contribution in [0.1, 0.15) is 40.7 Å². The van der Waals surface area contributed by atoms with E-state index in [1.807, 2.05) is 30.3 Å². The molecule has 0 radical (unpaired) electrons. The lowest BCUT2D eigenvalue weighted by Gasteiger charge is -2.08. The molecule has 0 fully saturated rings. The Morgan fingerprint density at radius 3 is 2.45 bits per heavy atom. The summed E-state index contributed by atoms with van der Waals surface area (Å²) >= 11 is 0. The minimum Gasteiger partial charge on any atom is -0.465 e. The number of carbonyl (C=O) groups excluding carboxylic acids is 3. The van der Waals surface area contributed by atoms with Crippen LogP contribution in [-0.2, 0) is 20.7 Å². The number of ether oxygens (including phenoxy) is 1. The predicted molar refractivity (Wildman–Crippen MR) is 120 cm³/mol. The van der Waals surface area contributed by atoms with Crippen LogP contribution in [0.2, 0.25) is 0 Å². The summed E-state index contributed by atoms with van der Waals surface area (Å²) in [7, 11) is 4.71. The molecule has 0 bridgehead atoms. The normalized spacial score (nSPS) is 10.6. The van der Waals surface area contributed by atoms with Crippen LogP contribution < -0.4 is 0 Å². The third-order valence-electron chi connectivity index (χ3n) is 4.41. The number of amides is 2. The molecule has 0 atom stereocenters. The first kappa shape index (κ1) is 23.6. The molecular formula is C25H26N2O4. The van der Waals surface area contributed by atoms with E-state index in [1.54, 1.807) is 43.3 Å². The second kappa shape index (κ2) is 12.1. The van der Waals surface area contributed by atoms with Crippen molar-refractivity contribution in [3.05, 3.63) is 71.3 Å². The first-order valence-electron chi connectivity index (χ1n) is 9.94. The second-order valence-corrected chi connectivity index (χ2v) is 7.04. The summed E-state index contributed by atoms with van der Waals surface area (Å²) in [6.07, 6.45) is 1.91. The van der Waals surface area contributed by atoms with Crippen LogP contribution in [0.15, 0.2) is 59.6 Å². The van der Waals surface area contributed by atoms with Gasteiger partial charge in [0.2, 0.25) is 5.91 Å². The average molecular weight is 418 g/mol. The van der Waals surface area contributed by atoms with Gasteiger partial charge in [0, 0.05) is 44.5 Å². The van der Waals surface area contributed by atoms with Gasteiger partial charge in [-0.05, 0) is 30.2 Å².